The molecule has 4 heteroatoms. The Balaban J connectivity index is 2.20. The lowest BCUT2D eigenvalue weighted by Gasteiger charge is -2.24. The van der Waals surface area contributed by atoms with E-state index in [-0.39, 0.29) is 23.9 Å². The minimum Gasteiger partial charge on any atom is -0.426 e. The molecule has 0 unspecified atom stereocenters. The van der Waals surface area contributed by atoms with Gasteiger partial charge in [0.25, 0.3) is 5.56 Å². The van der Waals surface area contributed by atoms with Crippen molar-refractivity contribution in [3.8, 4) is 5.75 Å². The molecule has 0 bridgehead atoms. The highest BCUT2D eigenvalue weighted by atomic mass is 16.5. The Hall–Kier alpha value is -2.36. The van der Waals surface area contributed by atoms with Gasteiger partial charge in [-0.05, 0) is 12.5 Å². The highest BCUT2D eigenvalue weighted by Crippen LogP contribution is 2.36. The van der Waals surface area contributed by atoms with E-state index < -0.39 is 0 Å². The van der Waals surface area contributed by atoms with Gasteiger partial charge in [0.2, 0.25) is 0 Å². The van der Waals surface area contributed by atoms with Gasteiger partial charge in [-0.2, -0.15) is 0 Å². The van der Waals surface area contributed by atoms with Crippen LogP contribution in [0.5, 0.6) is 5.75 Å². The molecule has 1 aromatic heterocycles. The summed E-state index contributed by atoms with van der Waals surface area (Å²) < 4.78 is 5.19. The average Bonchev–Trinajstić information content (AvgIpc) is 2.38. The molecule has 0 saturated heterocycles. The Morgan fingerprint density at radius 2 is 1.95 bits per heavy atom. The van der Waals surface area contributed by atoms with Crippen LogP contribution in [0.2, 0.25) is 0 Å². The molecule has 1 atom stereocenters. The van der Waals surface area contributed by atoms with E-state index in [9.17, 15) is 9.59 Å². The number of carbonyl (C=O) groups excluding carboxylic acids is 1. The maximum atomic E-state index is 12.1. The van der Waals surface area contributed by atoms with Crippen molar-refractivity contribution in [2.45, 2.75) is 19.3 Å². The van der Waals surface area contributed by atoms with Crippen molar-refractivity contribution in [2.24, 2.45) is 0 Å². The SMILES string of the molecule is Cc1cc2c(c(=O)[nH]1)[C@H](c1ccccc1)CC(=O)O2. The van der Waals surface area contributed by atoms with Crippen LogP contribution in [0.4, 0.5) is 0 Å². The first-order valence-corrected chi connectivity index (χ1v) is 6.14. The first-order chi connectivity index (χ1) is 9.15. The summed E-state index contributed by atoms with van der Waals surface area (Å²) in [5, 5.41) is 0. The van der Waals surface area contributed by atoms with E-state index in [1.807, 2.05) is 30.3 Å². The first-order valence-electron chi connectivity index (χ1n) is 6.14. The monoisotopic (exact) mass is 255 g/mol. The number of esters is 1. The number of H-pyrrole nitrogens is 1. The van der Waals surface area contributed by atoms with Gasteiger partial charge in [0.05, 0.1) is 12.0 Å². The molecule has 2 heterocycles. The lowest BCUT2D eigenvalue weighted by Crippen LogP contribution is -2.28. The zero-order valence-corrected chi connectivity index (χ0v) is 10.5. The first kappa shape index (κ1) is 11.7. The Morgan fingerprint density at radius 1 is 1.21 bits per heavy atom. The van der Waals surface area contributed by atoms with Gasteiger partial charge in [-0.3, -0.25) is 9.59 Å². The van der Waals surface area contributed by atoms with Crippen LogP contribution in [0.25, 0.3) is 0 Å². The van der Waals surface area contributed by atoms with Crippen LogP contribution >= 0.6 is 0 Å². The second-order valence-corrected chi connectivity index (χ2v) is 4.70. The number of hydrogen-bond donors (Lipinski definition) is 1. The van der Waals surface area contributed by atoms with Gasteiger partial charge in [0.15, 0.2) is 0 Å². The van der Waals surface area contributed by atoms with Crippen molar-refractivity contribution in [1.29, 1.82) is 0 Å². The smallest absolute Gasteiger partial charge is 0.312 e. The van der Waals surface area contributed by atoms with E-state index in [2.05, 4.69) is 4.98 Å². The molecule has 0 radical (unpaired) electrons. The Morgan fingerprint density at radius 3 is 2.68 bits per heavy atom. The second kappa shape index (κ2) is 4.39. The summed E-state index contributed by atoms with van der Waals surface area (Å²) in [6, 6.07) is 11.3. The van der Waals surface area contributed by atoms with Gasteiger partial charge in [0, 0.05) is 17.7 Å². The summed E-state index contributed by atoms with van der Waals surface area (Å²) in [7, 11) is 0. The summed E-state index contributed by atoms with van der Waals surface area (Å²) in [6.07, 6.45) is 0.198. The predicted octanol–water partition coefficient (Wildman–Crippen LogP) is 2.12. The molecule has 0 spiro atoms. The van der Waals surface area contributed by atoms with Gasteiger partial charge in [0.1, 0.15) is 5.75 Å². The minimum atomic E-state index is -0.300. The van der Waals surface area contributed by atoms with Gasteiger partial charge >= 0.3 is 5.97 Å². The van der Waals surface area contributed by atoms with Crippen LogP contribution in [0.1, 0.15) is 29.2 Å². The summed E-state index contributed by atoms with van der Waals surface area (Å²) in [5.41, 5.74) is 1.99. The number of ether oxygens (including phenoxy) is 1. The molecular formula is C15H13NO3. The molecule has 0 amide bonds. The summed E-state index contributed by atoms with van der Waals surface area (Å²) in [6.45, 7) is 1.77. The van der Waals surface area contributed by atoms with Crippen molar-refractivity contribution in [3.63, 3.8) is 0 Å². The van der Waals surface area contributed by atoms with E-state index >= 15 is 0 Å². The molecule has 3 rings (SSSR count). The molecule has 1 N–H and O–H groups in total. The third kappa shape index (κ3) is 2.05. The van der Waals surface area contributed by atoms with E-state index in [0.29, 0.717) is 17.0 Å². The number of hydrogen-bond acceptors (Lipinski definition) is 3. The van der Waals surface area contributed by atoms with Crippen LogP contribution in [-0.4, -0.2) is 11.0 Å². The van der Waals surface area contributed by atoms with E-state index in [1.165, 1.54) is 0 Å². The number of aromatic nitrogens is 1. The van der Waals surface area contributed by atoms with Crippen LogP contribution in [0.15, 0.2) is 41.2 Å². The topological polar surface area (TPSA) is 59.2 Å². The van der Waals surface area contributed by atoms with E-state index in [1.54, 1.807) is 13.0 Å². The van der Waals surface area contributed by atoms with Crippen molar-refractivity contribution in [1.82, 2.24) is 4.98 Å². The van der Waals surface area contributed by atoms with Gasteiger partial charge in [-0.15, -0.1) is 0 Å². The molecule has 2 aromatic rings. The number of nitrogens with one attached hydrogen (secondary N) is 1. The normalized spacial score (nSPS) is 17.7. The number of rotatable bonds is 1. The zero-order chi connectivity index (χ0) is 13.4. The number of benzene rings is 1. The molecule has 0 saturated carbocycles. The van der Waals surface area contributed by atoms with Crippen LogP contribution in [0.3, 0.4) is 0 Å². The number of pyridine rings is 1. The van der Waals surface area contributed by atoms with Gasteiger partial charge < -0.3 is 9.72 Å². The Kier molecular flexibility index (Phi) is 2.71. The van der Waals surface area contributed by atoms with Gasteiger partial charge in [-0.25, -0.2) is 0 Å². The number of aromatic amines is 1. The van der Waals surface area contributed by atoms with E-state index in [4.69, 9.17) is 4.74 Å². The highest BCUT2D eigenvalue weighted by molar-refractivity contribution is 5.77. The summed E-state index contributed by atoms with van der Waals surface area (Å²) in [5.74, 6) is -0.153. The van der Waals surface area contributed by atoms with Crippen molar-refractivity contribution >= 4 is 5.97 Å². The largest absolute Gasteiger partial charge is 0.426 e. The quantitative estimate of drug-likeness (QED) is 0.794. The van der Waals surface area contributed by atoms with Crippen LogP contribution in [-0.2, 0) is 4.79 Å². The third-order valence-corrected chi connectivity index (χ3v) is 3.31. The lowest BCUT2D eigenvalue weighted by molar-refractivity contribution is -0.135. The fraction of sp³-hybridized carbons (Fsp3) is 0.200. The maximum absolute atomic E-state index is 12.1. The number of aryl methyl sites for hydroxylation is 1. The van der Waals surface area contributed by atoms with Crippen LogP contribution < -0.4 is 10.3 Å². The molecular weight excluding hydrogens is 242 g/mol. The molecule has 0 fully saturated rings. The maximum Gasteiger partial charge on any atom is 0.312 e. The lowest BCUT2D eigenvalue weighted by atomic mass is 9.87. The molecule has 19 heavy (non-hydrogen) atoms. The number of fused-ring (bicyclic) bond motifs is 1. The molecule has 0 aliphatic carbocycles. The van der Waals surface area contributed by atoms with Crippen LogP contribution in [0, 0.1) is 6.92 Å². The third-order valence-electron chi connectivity index (χ3n) is 3.31. The summed E-state index contributed by atoms with van der Waals surface area (Å²) >= 11 is 0. The highest BCUT2D eigenvalue weighted by Gasteiger charge is 2.31. The molecule has 4 nitrogen and oxygen atoms in total. The zero-order valence-electron chi connectivity index (χ0n) is 10.5. The van der Waals surface area contributed by atoms with Gasteiger partial charge in [-0.1, -0.05) is 30.3 Å². The fourth-order valence-corrected chi connectivity index (χ4v) is 2.49. The summed E-state index contributed by atoms with van der Waals surface area (Å²) in [4.78, 5) is 26.6. The molecule has 96 valence electrons. The van der Waals surface area contributed by atoms with Crippen molar-refractivity contribution < 1.29 is 9.53 Å². The average molecular weight is 255 g/mol. The molecule has 1 aromatic carbocycles. The predicted molar refractivity (Wildman–Crippen MR) is 70.3 cm³/mol. The fourth-order valence-electron chi connectivity index (χ4n) is 2.49. The second-order valence-electron chi connectivity index (χ2n) is 4.70. The number of carbonyl (C=O) groups is 1. The standard InChI is InChI=1S/C15H13NO3/c1-9-7-12-14(15(18)16-9)11(8-13(17)19-12)10-5-3-2-4-6-10/h2-7,11H,8H2,1H3,(H,16,18)/t11-/m0/s1. The molecule has 1 aliphatic heterocycles. The van der Waals surface area contributed by atoms with Crippen molar-refractivity contribution in [3.05, 3.63) is 63.6 Å². The van der Waals surface area contributed by atoms with Crippen molar-refractivity contribution in [2.75, 3.05) is 0 Å². The Bertz CT molecular complexity index is 688. The minimum absolute atomic E-state index is 0.184. The Labute approximate surface area is 110 Å². The molecule has 1 aliphatic rings. The van der Waals surface area contributed by atoms with E-state index in [0.717, 1.165) is 5.56 Å².